The van der Waals surface area contributed by atoms with E-state index in [1.807, 2.05) is 19.9 Å². The summed E-state index contributed by atoms with van der Waals surface area (Å²) in [5.41, 5.74) is 0.296. The molecule has 0 aliphatic rings. The summed E-state index contributed by atoms with van der Waals surface area (Å²) in [6, 6.07) is 5.87. The minimum atomic E-state index is -3.74. The number of aliphatic hydroxyl groups is 1. The van der Waals surface area contributed by atoms with Crippen LogP contribution in [0.5, 0.6) is 0 Å². The van der Waals surface area contributed by atoms with Crippen molar-refractivity contribution in [3.8, 4) is 6.07 Å². The van der Waals surface area contributed by atoms with E-state index in [0.717, 1.165) is 0 Å². The zero-order valence-corrected chi connectivity index (χ0v) is 12.9. The predicted molar refractivity (Wildman–Crippen MR) is 76.8 cm³/mol. The van der Waals surface area contributed by atoms with Gasteiger partial charge in [0.25, 0.3) is 0 Å². The molecule has 2 N–H and O–H groups in total. The van der Waals surface area contributed by atoms with Crippen molar-refractivity contribution in [2.45, 2.75) is 31.3 Å². The van der Waals surface area contributed by atoms with Gasteiger partial charge in [0, 0.05) is 6.54 Å². The molecule has 0 fully saturated rings. The highest BCUT2D eigenvalue weighted by Crippen LogP contribution is 2.22. The number of sulfonamides is 1. The lowest BCUT2D eigenvalue weighted by molar-refractivity contribution is 0.118. The smallest absolute Gasteiger partial charge is 0.242 e. The van der Waals surface area contributed by atoms with Gasteiger partial charge in [0.1, 0.15) is 4.90 Å². The Hall–Kier alpha value is -1.13. The Labute approximate surface area is 124 Å². The van der Waals surface area contributed by atoms with Gasteiger partial charge in [-0.3, -0.25) is 0 Å². The maximum Gasteiger partial charge on any atom is 0.242 e. The van der Waals surface area contributed by atoms with Crippen molar-refractivity contribution < 1.29 is 13.5 Å². The molecule has 0 spiro atoms. The van der Waals surface area contributed by atoms with Crippen molar-refractivity contribution in [3.63, 3.8) is 0 Å². The van der Waals surface area contributed by atoms with Crippen molar-refractivity contribution in [2.75, 3.05) is 6.54 Å². The summed E-state index contributed by atoms with van der Waals surface area (Å²) >= 11 is 5.86. The predicted octanol–water partition coefficient (Wildman–Crippen LogP) is 1.90. The Morgan fingerprint density at radius 3 is 2.60 bits per heavy atom. The average Bonchev–Trinajstić information content (AvgIpc) is 2.37. The number of nitriles is 1. The van der Waals surface area contributed by atoms with Crippen LogP contribution in [0.4, 0.5) is 0 Å². The first kappa shape index (κ1) is 16.9. The molecule has 7 heteroatoms. The van der Waals surface area contributed by atoms with Crippen LogP contribution in [0.25, 0.3) is 0 Å². The van der Waals surface area contributed by atoms with E-state index in [-0.39, 0.29) is 22.4 Å². The fourth-order valence-electron chi connectivity index (χ4n) is 1.54. The molecule has 5 nitrogen and oxygen atoms in total. The van der Waals surface area contributed by atoms with Crippen molar-refractivity contribution in [3.05, 3.63) is 28.8 Å². The first-order valence-electron chi connectivity index (χ1n) is 6.15. The van der Waals surface area contributed by atoms with E-state index in [9.17, 15) is 13.5 Å². The van der Waals surface area contributed by atoms with Gasteiger partial charge in [0.05, 0.1) is 22.8 Å². The molecule has 0 amide bonds. The fourth-order valence-corrected chi connectivity index (χ4v) is 3.13. The number of halogens is 1. The number of hydrogen-bond acceptors (Lipinski definition) is 4. The van der Waals surface area contributed by atoms with Crippen LogP contribution in [-0.4, -0.2) is 26.2 Å². The average molecular weight is 317 g/mol. The SMILES string of the molecule is CC(C)[C@@H](O)CCNS(=O)(=O)c1ccc(C#N)cc1Cl. The van der Waals surface area contributed by atoms with Crippen LogP contribution in [0, 0.1) is 17.2 Å². The summed E-state index contributed by atoms with van der Waals surface area (Å²) in [7, 11) is -3.74. The molecule has 0 heterocycles. The third-order valence-electron chi connectivity index (χ3n) is 2.85. The van der Waals surface area contributed by atoms with Crippen molar-refractivity contribution >= 4 is 21.6 Å². The molecular weight excluding hydrogens is 300 g/mol. The highest BCUT2D eigenvalue weighted by Gasteiger charge is 2.18. The third-order valence-corrected chi connectivity index (χ3v) is 4.80. The van der Waals surface area contributed by atoms with Gasteiger partial charge in [-0.2, -0.15) is 5.26 Å². The maximum atomic E-state index is 12.0. The van der Waals surface area contributed by atoms with Crippen molar-refractivity contribution in [1.82, 2.24) is 4.72 Å². The highest BCUT2D eigenvalue weighted by molar-refractivity contribution is 7.89. The summed E-state index contributed by atoms with van der Waals surface area (Å²) in [6.07, 6.45) is -0.237. The Kier molecular flexibility index (Phi) is 5.96. The van der Waals surface area contributed by atoms with E-state index in [1.54, 1.807) is 0 Å². The van der Waals surface area contributed by atoms with Gasteiger partial charge < -0.3 is 5.11 Å². The van der Waals surface area contributed by atoms with E-state index < -0.39 is 16.1 Å². The lowest BCUT2D eigenvalue weighted by Gasteiger charge is -2.15. The second-order valence-electron chi connectivity index (χ2n) is 4.75. The van der Waals surface area contributed by atoms with Crippen LogP contribution in [0.3, 0.4) is 0 Å². The second kappa shape index (κ2) is 7.04. The summed E-state index contributed by atoms with van der Waals surface area (Å²) in [6.45, 7) is 3.84. The molecule has 20 heavy (non-hydrogen) atoms. The normalized spacial score (nSPS) is 13.2. The zero-order valence-electron chi connectivity index (χ0n) is 11.3. The molecule has 0 saturated carbocycles. The van der Waals surface area contributed by atoms with E-state index in [4.69, 9.17) is 16.9 Å². The minimum Gasteiger partial charge on any atom is -0.393 e. The van der Waals surface area contributed by atoms with Gasteiger partial charge in [-0.15, -0.1) is 0 Å². The zero-order chi connectivity index (χ0) is 15.3. The van der Waals surface area contributed by atoms with Crippen LogP contribution in [0.1, 0.15) is 25.8 Å². The van der Waals surface area contributed by atoms with Crippen molar-refractivity contribution in [2.24, 2.45) is 5.92 Å². The largest absolute Gasteiger partial charge is 0.393 e. The Morgan fingerprint density at radius 2 is 2.10 bits per heavy atom. The minimum absolute atomic E-state index is 0.000887. The molecule has 0 aliphatic heterocycles. The van der Waals surface area contributed by atoms with Crippen molar-refractivity contribution in [1.29, 1.82) is 5.26 Å². The lowest BCUT2D eigenvalue weighted by Crippen LogP contribution is -2.29. The molecule has 1 rings (SSSR count). The number of hydrogen-bond donors (Lipinski definition) is 2. The molecule has 1 atom stereocenters. The van der Waals surface area contributed by atoms with Gasteiger partial charge in [0.2, 0.25) is 10.0 Å². The molecule has 0 radical (unpaired) electrons. The topological polar surface area (TPSA) is 90.2 Å². The van der Waals surface area contributed by atoms with Crippen LogP contribution in [-0.2, 0) is 10.0 Å². The van der Waals surface area contributed by atoms with Gasteiger partial charge in [-0.05, 0) is 30.5 Å². The summed E-state index contributed by atoms with van der Waals surface area (Å²) in [5, 5.41) is 18.3. The molecule has 0 saturated heterocycles. The lowest BCUT2D eigenvalue weighted by atomic mass is 10.1. The van der Waals surface area contributed by atoms with Gasteiger partial charge in [-0.25, -0.2) is 13.1 Å². The van der Waals surface area contributed by atoms with Gasteiger partial charge in [-0.1, -0.05) is 25.4 Å². The van der Waals surface area contributed by atoms with E-state index in [2.05, 4.69) is 4.72 Å². The summed E-state index contributed by atoms with van der Waals surface area (Å²) < 4.78 is 26.5. The number of rotatable bonds is 6. The third kappa shape index (κ3) is 4.46. The summed E-state index contributed by atoms with van der Waals surface area (Å²) in [4.78, 5) is -0.0720. The number of benzene rings is 1. The van der Waals surface area contributed by atoms with Gasteiger partial charge in [0.15, 0.2) is 0 Å². The molecule has 0 aromatic heterocycles. The Balaban J connectivity index is 2.77. The van der Waals surface area contributed by atoms with Gasteiger partial charge >= 0.3 is 0 Å². The van der Waals surface area contributed by atoms with E-state index in [0.29, 0.717) is 12.0 Å². The fraction of sp³-hybridized carbons (Fsp3) is 0.462. The van der Waals surface area contributed by atoms with Crippen LogP contribution in [0.2, 0.25) is 5.02 Å². The molecule has 1 aromatic rings. The molecule has 0 bridgehead atoms. The van der Waals surface area contributed by atoms with Crippen LogP contribution >= 0.6 is 11.6 Å². The summed E-state index contributed by atoms with van der Waals surface area (Å²) in [5.74, 6) is 0.0676. The standard InChI is InChI=1S/C13H17ClN2O3S/c1-9(2)12(17)5-6-16-20(18,19)13-4-3-10(8-15)7-11(13)14/h3-4,7,9,12,16-17H,5-6H2,1-2H3/t12-/m0/s1. The molecule has 0 aliphatic carbocycles. The first-order chi connectivity index (χ1) is 9.27. The first-order valence-corrected chi connectivity index (χ1v) is 8.01. The molecule has 1 aromatic carbocycles. The Bertz CT molecular complexity index is 609. The second-order valence-corrected chi connectivity index (χ2v) is 6.90. The molecule has 110 valence electrons. The van der Waals surface area contributed by atoms with Crippen LogP contribution in [0.15, 0.2) is 23.1 Å². The molecule has 0 unspecified atom stereocenters. The van der Waals surface area contributed by atoms with E-state index in [1.165, 1.54) is 18.2 Å². The number of nitrogens with zero attached hydrogens (tertiary/aromatic N) is 1. The van der Waals surface area contributed by atoms with Crippen LogP contribution < -0.4 is 4.72 Å². The highest BCUT2D eigenvalue weighted by atomic mass is 35.5. The van der Waals surface area contributed by atoms with E-state index >= 15 is 0 Å². The number of nitrogens with one attached hydrogen (secondary N) is 1. The Morgan fingerprint density at radius 1 is 1.45 bits per heavy atom. The molecular formula is C13H17ClN2O3S. The quantitative estimate of drug-likeness (QED) is 0.838. The number of aliphatic hydroxyl groups excluding tert-OH is 1. The monoisotopic (exact) mass is 316 g/mol. The maximum absolute atomic E-state index is 12.0.